The smallest absolute Gasteiger partial charge is 0.275 e. The van der Waals surface area contributed by atoms with Gasteiger partial charge in [0.2, 0.25) is 5.91 Å². The van der Waals surface area contributed by atoms with Crippen LogP contribution < -0.4 is 11.3 Å². The van der Waals surface area contributed by atoms with E-state index in [4.69, 9.17) is 5.73 Å². The number of aryl methyl sites for hydroxylation is 1. The molecular weight excluding hydrogens is 332 g/mol. The van der Waals surface area contributed by atoms with Crippen LogP contribution in [0.3, 0.4) is 0 Å². The zero-order valence-electron chi connectivity index (χ0n) is 15.0. The number of hydrogen-bond acceptors (Lipinski definition) is 4. The molecule has 7 nitrogen and oxygen atoms in total. The summed E-state index contributed by atoms with van der Waals surface area (Å²) in [6.07, 6.45) is 4.48. The molecule has 1 saturated carbocycles. The van der Waals surface area contributed by atoms with E-state index in [0.717, 1.165) is 32.1 Å². The molecule has 7 heteroatoms. The van der Waals surface area contributed by atoms with Crippen molar-refractivity contribution in [2.24, 2.45) is 5.73 Å². The molecule has 2 amide bonds. The second-order valence-corrected chi connectivity index (χ2v) is 6.76. The lowest BCUT2D eigenvalue weighted by molar-refractivity contribution is -0.119. The molecule has 0 unspecified atom stereocenters. The minimum absolute atomic E-state index is 0.0119. The molecule has 0 bridgehead atoms. The van der Waals surface area contributed by atoms with Crippen molar-refractivity contribution < 1.29 is 9.59 Å². The van der Waals surface area contributed by atoms with Crippen molar-refractivity contribution in [2.75, 3.05) is 6.54 Å². The molecule has 0 atom stereocenters. The third-order valence-electron chi connectivity index (χ3n) is 4.86. The second-order valence-electron chi connectivity index (χ2n) is 6.76. The number of aromatic nitrogens is 2. The maximum Gasteiger partial charge on any atom is 0.275 e. The largest absolute Gasteiger partial charge is 0.368 e. The zero-order valence-corrected chi connectivity index (χ0v) is 15.0. The van der Waals surface area contributed by atoms with Crippen LogP contribution in [0.25, 0.3) is 10.8 Å². The Morgan fingerprint density at radius 2 is 1.88 bits per heavy atom. The van der Waals surface area contributed by atoms with Crippen molar-refractivity contribution in [1.82, 2.24) is 14.7 Å². The first-order valence-corrected chi connectivity index (χ1v) is 9.12. The maximum absolute atomic E-state index is 13.3. The number of carbonyl (C=O) groups is 2. The highest BCUT2D eigenvalue weighted by Crippen LogP contribution is 2.25. The molecule has 1 aromatic heterocycles. The molecule has 0 radical (unpaired) electrons. The molecule has 1 fully saturated rings. The maximum atomic E-state index is 13.3. The predicted molar refractivity (Wildman–Crippen MR) is 98.8 cm³/mol. The van der Waals surface area contributed by atoms with Gasteiger partial charge in [-0.05, 0) is 25.3 Å². The SMILES string of the molecule is CCCn1nc(C(=O)N(CC(N)=O)C2CCCC2)c2ccccc2c1=O. The summed E-state index contributed by atoms with van der Waals surface area (Å²) in [6, 6.07) is 6.97. The quantitative estimate of drug-likeness (QED) is 0.851. The Morgan fingerprint density at radius 3 is 2.50 bits per heavy atom. The van der Waals surface area contributed by atoms with E-state index >= 15 is 0 Å². The van der Waals surface area contributed by atoms with Crippen LogP contribution in [0.1, 0.15) is 49.5 Å². The molecule has 1 aliphatic rings. The van der Waals surface area contributed by atoms with E-state index in [0.29, 0.717) is 17.3 Å². The molecule has 0 spiro atoms. The number of hydrogen-bond donors (Lipinski definition) is 1. The van der Waals surface area contributed by atoms with E-state index in [1.807, 2.05) is 6.92 Å². The summed E-state index contributed by atoms with van der Waals surface area (Å²) in [7, 11) is 0. The number of nitrogens with zero attached hydrogens (tertiary/aromatic N) is 3. The van der Waals surface area contributed by atoms with Gasteiger partial charge in [0, 0.05) is 18.0 Å². The highest BCUT2D eigenvalue weighted by Gasteiger charge is 2.31. The standard InChI is InChI=1S/C19H24N4O3/c1-2-11-23-18(25)15-10-6-5-9-14(15)17(21-23)19(26)22(12-16(20)24)13-7-3-4-8-13/h5-6,9-10,13H,2-4,7-8,11-12H2,1H3,(H2,20,24). The number of amides is 2. The summed E-state index contributed by atoms with van der Waals surface area (Å²) >= 11 is 0. The molecule has 138 valence electrons. The highest BCUT2D eigenvalue weighted by molar-refractivity contribution is 6.05. The van der Waals surface area contributed by atoms with E-state index in [-0.39, 0.29) is 29.7 Å². The topological polar surface area (TPSA) is 98.3 Å². The van der Waals surface area contributed by atoms with E-state index in [1.165, 1.54) is 9.58 Å². The molecule has 26 heavy (non-hydrogen) atoms. The van der Waals surface area contributed by atoms with Crippen molar-refractivity contribution in [1.29, 1.82) is 0 Å². The van der Waals surface area contributed by atoms with Gasteiger partial charge in [-0.3, -0.25) is 14.4 Å². The van der Waals surface area contributed by atoms with E-state index in [2.05, 4.69) is 5.10 Å². The molecule has 3 rings (SSSR count). The first kappa shape index (κ1) is 18.1. The van der Waals surface area contributed by atoms with Crippen molar-refractivity contribution in [2.45, 2.75) is 51.6 Å². The van der Waals surface area contributed by atoms with Crippen molar-refractivity contribution in [3.05, 3.63) is 40.3 Å². The van der Waals surface area contributed by atoms with E-state index in [1.54, 1.807) is 24.3 Å². The fourth-order valence-electron chi connectivity index (χ4n) is 3.64. The summed E-state index contributed by atoms with van der Waals surface area (Å²) in [5.41, 5.74) is 5.39. The Bertz CT molecular complexity index is 884. The Balaban J connectivity index is 2.12. The first-order valence-electron chi connectivity index (χ1n) is 9.12. The lowest BCUT2D eigenvalue weighted by Crippen LogP contribution is -2.45. The minimum atomic E-state index is -0.545. The van der Waals surface area contributed by atoms with Gasteiger partial charge in [-0.1, -0.05) is 38.0 Å². The van der Waals surface area contributed by atoms with Gasteiger partial charge in [0.25, 0.3) is 11.5 Å². The summed E-state index contributed by atoms with van der Waals surface area (Å²) in [5, 5.41) is 5.33. The van der Waals surface area contributed by atoms with E-state index in [9.17, 15) is 14.4 Å². The lowest BCUT2D eigenvalue weighted by Gasteiger charge is -2.28. The zero-order chi connectivity index (χ0) is 18.7. The van der Waals surface area contributed by atoms with Gasteiger partial charge in [-0.25, -0.2) is 4.68 Å². The Kier molecular flexibility index (Phi) is 5.35. The molecular formula is C19H24N4O3. The second kappa shape index (κ2) is 7.68. The van der Waals surface area contributed by atoms with Crippen molar-refractivity contribution in [3.8, 4) is 0 Å². The van der Waals surface area contributed by atoms with Crippen LogP contribution >= 0.6 is 0 Å². The summed E-state index contributed by atoms with van der Waals surface area (Å²) < 4.78 is 1.34. The predicted octanol–water partition coefficient (Wildman–Crippen LogP) is 1.68. The molecule has 0 aliphatic heterocycles. The van der Waals surface area contributed by atoms with Gasteiger partial charge in [-0.2, -0.15) is 5.10 Å². The minimum Gasteiger partial charge on any atom is -0.368 e. The fraction of sp³-hybridized carbons (Fsp3) is 0.474. The van der Waals surface area contributed by atoms with Gasteiger partial charge in [0.1, 0.15) is 0 Å². The molecule has 1 aliphatic carbocycles. The summed E-state index contributed by atoms with van der Waals surface area (Å²) in [6.45, 7) is 2.25. The number of primary amides is 1. The van der Waals surface area contributed by atoms with Crippen LogP contribution in [0.2, 0.25) is 0 Å². The van der Waals surface area contributed by atoms with Crippen LogP contribution in [-0.4, -0.2) is 39.1 Å². The number of rotatable bonds is 6. The van der Waals surface area contributed by atoms with Gasteiger partial charge in [0.15, 0.2) is 5.69 Å². The molecule has 2 aromatic rings. The van der Waals surface area contributed by atoms with Crippen molar-refractivity contribution in [3.63, 3.8) is 0 Å². The average molecular weight is 356 g/mol. The highest BCUT2D eigenvalue weighted by atomic mass is 16.2. The lowest BCUT2D eigenvalue weighted by atomic mass is 10.1. The number of carbonyl (C=O) groups excluding carboxylic acids is 2. The third-order valence-corrected chi connectivity index (χ3v) is 4.86. The van der Waals surface area contributed by atoms with Crippen LogP contribution in [-0.2, 0) is 11.3 Å². The van der Waals surface area contributed by atoms with Crippen LogP contribution in [0.15, 0.2) is 29.1 Å². The molecule has 1 heterocycles. The van der Waals surface area contributed by atoms with E-state index < -0.39 is 5.91 Å². The van der Waals surface area contributed by atoms with Gasteiger partial charge < -0.3 is 10.6 Å². The number of nitrogens with two attached hydrogens (primary N) is 1. The van der Waals surface area contributed by atoms with Crippen molar-refractivity contribution >= 4 is 22.6 Å². The molecule has 1 aromatic carbocycles. The Labute approximate surface area is 151 Å². The van der Waals surface area contributed by atoms with Crippen LogP contribution in [0.4, 0.5) is 0 Å². The molecule has 0 saturated heterocycles. The van der Waals surface area contributed by atoms with Gasteiger partial charge in [-0.15, -0.1) is 0 Å². The van der Waals surface area contributed by atoms with Gasteiger partial charge >= 0.3 is 0 Å². The molecule has 2 N–H and O–H groups in total. The fourth-order valence-corrected chi connectivity index (χ4v) is 3.64. The number of fused-ring (bicyclic) bond motifs is 1. The van der Waals surface area contributed by atoms with Gasteiger partial charge in [0.05, 0.1) is 11.9 Å². The van der Waals surface area contributed by atoms with Crippen LogP contribution in [0.5, 0.6) is 0 Å². The third kappa shape index (κ3) is 3.47. The Hall–Kier alpha value is -2.70. The summed E-state index contributed by atoms with van der Waals surface area (Å²) in [4.78, 5) is 39.0. The average Bonchev–Trinajstić information content (AvgIpc) is 3.16. The Morgan fingerprint density at radius 1 is 1.23 bits per heavy atom. The summed E-state index contributed by atoms with van der Waals surface area (Å²) in [5.74, 6) is -0.881. The monoisotopic (exact) mass is 356 g/mol. The van der Waals surface area contributed by atoms with Crippen LogP contribution in [0, 0.1) is 0 Å². The number of benzene rings is 1. The first-order chi connectivity index (χ1) is 12.5. The normalized spacial score (nSPS) is 14.7.